The smallest absolute Gasteiger partial charge is 0.163 e. The lowest BCUT2D eigenvalue weighted by Gasteiger charge is -2.22. The Balaban J connectivity index is 2.19. The summed E-state index contributed by atoms with van der Waals surface area (Å²) >= 11 is 4.69. The van der Waals surface area contributed by atoms with Gasteiger partial charge in [0.1, 0.15) is 0 Å². The molecule has 58 valence electrons. The summed E-state index contributed by atoms with van der Waals surface area (Å²) in [5.74, 6) is 0. The fourth-order valence-corrected chi connectivity index (χ4v) is 1.22. The summed E-state index contributed by atoms with van der Waals surface area (Å²) in [6, 6.07) is 0.339. The van der Waals surface area contributed by atoms with Crippen LogP contribution < -0.4 is 11.1 Å². The molecule has 1 saturated heterocycles. The topological polar surface area (TPSA) is 47.3 Å². The molecule has 0 aromatic heterocycles. The lowest BCUT2D eigenvalue weighted by molar-refractivity contribution is 0.0765. The van der Waals surface area contributed by atoms with Gasteiger partial charge in [0.2, 0.25) is 0 Å². The Morgan fingerprint density at radius 2 is 2.50 bits per heavy atom. The standard InChI is InChI=1S/C6H12N2OS/c7-6(10)8-5-2-1-3-9-4-5/h5H,1-4H2,(H3,7,8,10). The molecule has 1 atom stereocenters. The highest BCUT2D eigenvalue weighted by molar-refractivity contribution is 7.80. The quantitative estimate of drug-likeness (QED) is 0.530. The van der Waals surface area contributed by atoms with Crippen LogP contribution in [0.15, 0.2) is 0 Å². The number of ether oxygens (including phenoxy) is 1. The Hall–Kier alpha value is -0.350. The second kappa shape index (κ2) is 3.73. The van der Waals surface area contributed by atoms with Crippen molar-refractivity contribution in [3.05, 3.63) is 0 Å². The van der Waals surface area contributed by atoms with E-state index in [9.17, 15) is 0 Å². The monoisotopic (exact) mass is 160 g/mol. The van der Waals surface area contributed by atoms with E-state index in [4.69, 9.17) is 10.5 Å². The normalized spacial score (nSPS) is 25.8. The Morgan fingerprint density at radius 1 is 1.70 bits per heavy atom. The number of rotatable bonds is 1. The summed E-state index contributed by atoms with van der Waals surface area (Å²) in [7, 11) is 0. The molecule has 1 aliphatic rings. The van der Waals surface area contributed by atoms with Gasteiger partial charge in [0.05, 0.1) is 12.6 Å². The summed E-state index contributed by atoms with van der Waals surface area (Å²) in [6.07, 6.45) is 2.21. The summed E-state index contributed by atoms with van der Waals surface area (Å²) in [6.45, 7) is 1.60. The molecule has 0 aromatic rings. The molecule has 0 aliphatic carbocycles. The van der Waals surface area contributed by atoms with E-state index in [1.54, 1.807) is 0 Å². The van der Waals surface area contributed by atoms with Crippen LogP contribution >= 0.6 is 12.2 Å². The third kappa shape index (κ3) is 2.49. The molecule has 1 aliphatic heterocycles. The number of hydrogen-bond acceptors (Lipinski definition) is 2. The number of thiocarbonyl (C=S) groups is 1. The molecule has 3 nitrogen and oxygen atoms in total. The first-order chi connectivity index (χ1) is 4.79. The van der Waals surface area contributed by atoms with Gasteiger partial charge < -0.3 is 15.8 Å². The highest BCUT2D eigenvalue weighted by atomic mass is 32.1. The van der Waals surface area contributed by atoms with Crippen LogP contribution in [0.1, 0.15) is 12.8 Å². The van der Waals surface area contributed by atoms with E-state index >= 15 is 0 Å². The Bertz CT molecular complexity index is 123. The lowest BCUT2D eigenvalue weighted by Crippen LogP contribution is -2.43. The van der Waals surface area contributed by atoms with E-state index in [-0.39, 0.29) is 0 Å². The van der Waals surface area contributed by atoms with Gasteiger partial charge >= 0.3 is 0 Å². The van der Waals surface area contributed by atoms with E-state index in [1.807, 2.05) is 0 Å². The van der Waals surface area contributed by atoms with Crippen LogP contribution in [0.4, 0.5) is 0 Å². The minimum absolute atomic E-state index is 0.339. The van der Waals surface area contributed by atoms with Crippen LogP contribution in [-0.2, 0) is 4.74 Å². The molecular weight excluding hydrogens is 148 g/mol. The molecule has 0 radical (unpaired) electrons. The summed E-state index contributed by atoms with van der Waals surface area (Å²) in [4.78, 5) is 0. The molecule has 0 spiro atoms. The zero-order valence-electron chi connectivity index (χ0n) is 5.80. The molecule has 1 rings (SSSR count). The molecule has 3 N–H and O–H groups in total. The van der Waals surface area contributed by atoms with Gasteiger partial charge in [-0.25, -0.2) is 0 Å². The van der Waals surface area contributed by atoms with Gasteiger partial charge in [0.25, 0.3) is 0 Å². The maximum absolute atomic E-state index is 5.29. The fourth-order valence-electron chi connectivity index (χ4n) is 1.06. The molecule has 4 heteroatoms. The fraction of sp³-hybridized carbons (Fsp3) is 0.833. The highest BCUT2D eigenvalue weighted by Crippen LogP contribution is 2.04. The van der Waals surface area contributed by atoms with Crippen molar-refractivity contribution < 1.29 is 4.74 Å². The van der Waals surface area contributed by atoms with Crippen molar-refractivity contribution in [2.45, 2.75) is 18.9 Å². The van der Waals surface area contributed by atoms with E-state index in [2.05, 4.69) is 17.5 Å². The Morgan fingerprint density at radius 3 is 3.00 bits per heavy atom. The predicted molar refractivity (Wildman–Crippen MR) is 43.8 cm³/mol. The number of nitrogens with two attached hydrogens (primary N) is 1. The Kier molecular flexibility index (Phi) is 2.89. The van der Waals surface area contributed by atoms with E-state index in [0.29, 0.717) is 11.2 Å². The lowest BCUT2D eigenvalue weighted by atomic mass is 10.1. The van der Waals surface area contributed by atoms with Crippen molar-refractivity contribution in [2.75, 3.05) is 13.2 Å². The maximum atomic E-state index is 5.29. The molecule has 1 heterocycles. The molecule has 10 heavy (non-hydrogen) atoms. The molecule has 0 bridgehead atoms. The van der Waals surface area contributed by atoms with Crippen molar-refractivity contribution in [1.29, 1.82) is 0 Å². The zero-order chi connectivity index (χ0) is 7.40. The van der Waals surface area contributed by atoms with Crippen LogP contribution in [0.2, 0.25) is 0 Å². The molecule has 1 fully saturated rings. The maximum Gasteiger partial charge on any atom is 0.163 e. The van der Waals surface area contributed by atoms with Gasteiger partial charge in [-0.3, -0.25) is 0 Å². The third-order valence-corrected chi connectivity index (χ3v) is 1.62. The first kappa shape index (κ1) is 7.75. The highest BCUT2D eigenvalue weighted by Gasteiger charge is 2.12. The minimum Gasteiger partial charge on any atom is -0.379 e. The molecular formula is C6H12N2OS. The van der Waals surface area contributed by atoms with Crippen molar-refractivity contribution >= 4 is 17.3 Å². The van der Waals surface area contributed by atoms with Gasteiger partial charge in [-0.05, 0) is 25.1 Å². The van der Waals surface area contributed by atoms with Gasteiger partial charge in [-0.15, -0.1) is 0 Å². The number of hydrogen-bond donors (Lipinski definition) is 2. The average Bonchev–Trinajstić information content (AvgIpc) is 1.88. The molecule has 1 unspecified atom stereocenters. The van der Waals surface area contributed by atoms with Crippen LogP contribution in [0, 0.1) is 0 Å². The van der Waals surface area contributed by atoms with Crippen molar-refractivity contribution in [3.8, 4) is 0 Å². The zero-order valence-corrected chi connectivity index (χ0v) is 6.62. The summed E-state index contributed by atoms with van der Waals surface area (Å²) < 4.78 is 5.21. The first-order valence-corrected chi connectivity index (χ1v) is 3.83. The summed E-state index contributed by atoms with van der Waals surface area (Å²) in [5, 5.41) is 3.34. The van der Waals surface area contributed by atoms with Crippen molar-refractivity contribution in [1.82, 2.24) is 5.32 Å². The second-order valence-electron chi connectivity index (χ2n) is 2.42. The predicted octanol–water partition coefficient (Wildman–Crippen LogP) is -0.00140. The van der Waals surface area contributed by atoms with E-state index < -0.39 is 0 Å². The van der Waals surface area contributed by atoms with E-state index in [0.717, 1.165) is 26.1 Å². The van der Waals surface area contributed by atoms with Crippen LogP contribution in [0.25, 0.3) is 0 Å². The first-order valence-electron chi connectivity index (χ1n) is 3.43. The van der Waals surface area contributed by atoms with Gasteiger partial charge in [-0.1, -0.05) is 0 Å². The summed E-state index contributed by atoms with van der Waals surface area (Å²) in [5.41, 5.74) is 5.29. The van der Waals surface area contributed by atoms with Gasteiger partial charge in [0, 0.05) is 6.61 Å². The second-order valence-corrected chi connectivity index (χ2v) is 2.86. The van der Waals surface area contributed by atoms with Gasteiger partial charge in [-0.2, -0.15) is 0 Å². The Labute approximate surface area is 65.9 Å². The molecule has 0 saturated carbocycles. The minimum atomic E-state index is 0.339. The van der Waals surface area contributed by atoms with Gasteiger partial charge in [0.15, 0.2) is 5.11 Å². The molecule has 0 aromatic carbocycles. The largest absolute Gasteiger partial charge is 0.379 e. The average molecular weight is 160 g/mol. The van der Waals surface area contributed by atoms with Crippen LogP contribution in [0.5, 0.6) is 0 Å². The van der Waals surface area contributed by atoms with Crippen LogP contribution in [0.3, 0.4) is 0 Å². The number of nitrogens with one attached hydrogen (secondary N) is 1. The van der Waals surface area contributed by atoms with E-state index in [1.165, 1.54) is 0 Å². The molecule has 0 amide bonds. The van der Waals surface area contributed by atoms with Crippen LogP contribution in [-0.4, -0.2) is 24.4 Å². The van der Waals surface area contributed by atoms with Crippen molar-refractivity contribution in [2.24, 2.45) is 5.73 Å². The van der Waals surface area contributed by atoms with Crippen molar-refractivity contribution in [3.63, 3.8) is 0 Å². The third-order valence-electron chi connectivity index (χ3n) is 1.51. The SMILES string of the molecule is NC(=S)NC1CCCOC1.